The number of benzene rings is 1. The molecule has 1 N–H and O–H groups in total. The van der Waals surface area contributed by atoms with Gasteiger partial charge in [-0.2, -0.15) is 0 Å². The molecule has 0 saturated carbocycles. The lowest BCUT2D eigenvalue weighted by molar-refractivity contribution is -0.146. The first kappa shape index (κ1) is 13.3. The molecule has 0 radical (unpaired) electrons. The molecule has 1 unspecified atom stereocenters. The summed E-state index contributed by atoms with van der Waals surface area (Å²) in [5, 5.41) is 8.97. The fourth-order valence-electron chi connectivity index (χ4n) is 2.09. The number of carboxylic acids is 1. The molecule has 1 aliphatic rings. The predicted octanol–water partition coefficient (Wildman–Crippen LogP) is 1.28. The lowest BCUT2D eigenvalue weighted by Crippen LogP contribution is -2.40. The minimum Gasteiger partial charge on any atom is -0.489 e. The summed E-state index contributed by atoms with van der Waals surface area (Å²) in [6.45, 7) is 0.209. The first-order valence-electron chi connectivity index (χ1n) is 5.99. The van der Waals surface area contributed by atoms with Gasteiger partial charge in [-0.25, -0.2) is 9.18 Å². The number of halogens is 1. The highest BCUT2D eigenvalue weighted by atomic mass is 19.1. The largest absolute Gasteiger partial charge is 0.489 e. The minimum absolute atomic E-state index is 0.0659. The van der Waals surface area contributed by atoms with Crippen molar-refractivity contribution in [3.05, 3.63) is 30.1 Å². The molecule has 1 fully saturated rings. The van der Waals surface area contributed by atoms with Crippen LogP contribution in [0, 0.1) is 5.82 Å². The van der Waals surface area contributed by atoms with Gasteiger partial charge in [0.1, 0.15) is 12.6 Å². The maximum Gasteiger partial charge on any atom is 0.326 e. The van der Waals surface area contributed by atoms with E-state index in [-0.39, 0.29) is 31.2 Å². The maximum atomic E-state index is 13.3. The molecule has 0 spiro atoms. The number of rotatable bonds is 5. The van der Waals surface area contributed by atoms with E-state index < -0.39 is 17.8 Å². The van der Waals surface area contributed by atoms with Crippen LogP contribution in [0.2, 0.25) is 0 Å². The van der Waals surface area contributed by atoms with E-state index >= 15 is 0 Å². The Morgan fingerprint density at radius 3 is 2.89 bits per heavy atom. The average Bonchev–Trinajstić information content (AvgIpc) is 2.74. The third-order valence-electron chi connectivity index (χ3n) is 3.04. The van der Waals surface area contributed by atoms with Crippen molar-refractivity contribution in [1.82, 2.24) is 4.90 Å². The van der Waals surface area contributed by atoms with Crippen LogP contribution < -0.4 is 4.74 Å². The fraction of sp³-hybridized carbons (Fsp3) is 0.385. The third kappa shape index (κ3) is 3.01. The number of nitrogens with zero attached hydrogens (tertiary/aromatic N) is 1. The summed E-state index contributed by atoms with van der Waals surface area (Å²) in [4.78, 5) is 23.7. The smallest absolute Gasteiger partial charge is 0.326 e. The van der Waals surface area contributed by atoms with Crippen molar-refractivity contribution in [2.75, 3.05) is 13.2 Å². The van der Waals surface area contributed by atoms with Crippen LogP contribution >= 0.6 is 0 Å². The number of carbonyl (C=O) groups is 2. The number of likely N-dealkylation sites (tertiary alicyclic amines) is 1. The molecule has 0 aromatic heterocycles. The molecule has 1 aliphatic heterocycles. The van der Waals surface area contributed by atoms with Crippen molar-refractivity contribution < 1.29 is 23.8 Å². The van der Waals surface area contributed by atoms with E-state index in [1.807, 2.05) is 0 Å². The Balaban J connectivity index is 1.90. The summed E-state index contributed by atoms with van der Waals surface area (Å²) in [5.41, 5.74) is 0. The maximum absolute atomic E-state index is 13.3. The molecule has 5 nitrogen and oxygen atoms in total. The molecular weight excluding hydrogens is 253 g/mol. The Morgan fingerprint density at radius 2 is 2.21 bits per heavy atom. The van der Waals surface area contributed by atoms with Gasteiger partial charge in [-0.15, -0.1) is 0 Å². The molecule has 19 heavy (non-hydrogen) atoms. The van der Waals surface area contributed by atoms with Gasteiger partial charge in [0.05, 0.1) is 6.54 Å². The van der Waals surface area contributed by atoms with Gasteiger partial charge in [0.15, 0.2) is 11.6 Å². The molecule has 1 atom stereocenters. The molecule has 0 aliphatic carbocycles. The Morgan fingerprint density at radius 1 is 1.47 bits per heavy atom. The second kappa shape index (κ2) is 5.69. The Bertz CT molecular complexity index is 491. The van der Waals surface area contributed by atoms with Gasteiger partial charge < -0.3 is 14.7 Å². The third-order valence-corrected chi connectivity index (χ3v) is 3.04. The van der Waals surface area contributed by atoms with Gasteiger partial charge in [0.25, 0.3) is 0 Å². The molecule has 6 heteroatoms. The number of aliphatic carboxylic acids is 1. The van der Waals surface area contributed by atoms with Gasteiger partial charge >= 0.3 is 5.97 Å². The standard InChI is InChI=1S/C13H14FNO4/c14-9-3-1-2-4-11(9)19-8-7-15-10(13(17)18)5-6-12(15)16/h1-4,10H,5-8H2,(H,17,18). The van der Waals surface area contributed by atoms with Gasteiger partial charge in [0.2, 0.25) is 5.91 Å². The Kier molecular flexibility index (Phi) is 3.99. The van der Waals surface area contributed by atoms with E-state index in [1.54, 1.807) is 12.1 Å². The van der Waals surface area contributed by atoms with Crippen LogP contribution in [0.4, 0.5) is 4.39 Å². The fourth-order valence-corrected chi connectivity index (χ4v) is 2.09. The Labute approximate surface area is 109 Å². The number of hydrogen-bond donors (Lipinski definition) is 1. The topological polar surface area (TPSA) is 66.8 Å². The highest BCUT2D eigenvalue weighted by Gasteiger charge is 2.35. The number of ether oxygens (including phenoxy) is 1. The second-order valence-corrected chi connectivity index (χ2v) is 4.26. The van der Waals surface area contributed by atoms with E-state index in [0.29, 0.717) is 6.42 Å². The van der Waals surface area contributed by atoms with Crippen molar-refractivity contribution >= 4 is 11.9 Å². The molecule has 1 saturated heterocycles. The quantitative estimate of drug-likeness (QED) is 0.872. The molecule has 1 amide bonds. The lowest BCUT2D eigenvalue weighted by atomic mass is 10.2. The number of amides is 1. The summed E-state index contributed by atoms with van der Waals surface area (Å²) in [6, 6.07) is 5.15. The van der Waals surface area contributed by atoms with Crippen molar-refractivity contribution in [3.63, 3.8) is 0 Å². The van der Waals surface area contributed by atoms with Crippen LogP contribution in [0.15, 0.2) is 24.3 Å². The van der Waals surface area contributed by atoms with E-state index in [2.05, 4.69) is 0 Å². The van der Waals surface area contributed by atoms with Gasteiger partial charge in [-0.05, 0) is 18.6 Å². The molecule has 1 aromatic rings. The number of carbonyl (C=O) groups excluding carboxylic acids is 1. The molecule has 2 rings (SSSR count). The summed E-state index contributed by atoms with van der Waals surface area (Å²) in [5.74, 6) is -1.60. The van der Waals surface area contributed by atoms with Crippen molar-refractivity contribution in [1.29, 1.82) is 0 Å². The van der Waals surface area contributed by atoms with E-state index in [0.717, 1.165) is 0 Å². The van der Waals surface area contributed by atoms with Gasteiger partial charge in [-0.3, -0.25) is 4.79 Å². The Hall–Kier alpha value is -2.11. The van der Waals surface area contributed by atoms with Crippen LogP contribution in [0.5, 0.6) is 5.75 Å². The molecule has 1 heterocycles. The predicted molar refractivity (Wildman–Crippen MR) is 64.3 cm³/mol. The second-order valence-electron chi connectivity index (χ2n) is 4.26. The highest BCUT2D eigenvalue weighted by molar-refractivity contribution is 5.87. The van der Waals surface area contributed by atoms with Crippen LogP contribution in [-0.2, 0) is 9.59 Å². The van der Waals surface area contributed by atoms with E-state index in [1.165, 1.54) is 17.0 Å². The zero-order valence-electron chi connectivity index (χ0n) is 10.2. The summed E-state index contributed by atoms with van der Waals surface area (Å²) in [6.07, 6.45) is 0.546. The summed E-state index contributed by atoms with van der Waals surface area (Å²) < 4.78 is 18.5. The SMILES string of the molecule is O=C(O)C1CCC(=O)N1CCOc1ccccc1F. The summed E-state index contributed by atoms with van der Waals surface area (Å²) >= 11 is 0. The van der Waals surface area contributed by atoms with E-state index in [9.17, 15) is 14.0 Å². The van der Waals surface area contributed by atoms with E-state index in [4.69, 9.17) is 9.84 Å². The first-order chi connectivity index (χ1) is 9.09. The lowest BCUT2D eigenvalue weighted by Gasteiger charge is -2.21. The highest BCUT2D eigenvalue weighted by Crippen LogP contribution is 2.19. The van der Waals surface area contributed by atoms with Crippen molar-refractivity contribution in [2.24, 2.45) is 0 Å². The van der Waals surface area contributed by atoms with Crippen molar-refractivity contribution in [2.45, 2.75) is 18.9 Å². The van der Waals surface area contributed by atoms with Crippen LogP contribution in [0.1, 0.15) is 12.8 Å². The van der Waals surface area contributed by atoms with Gasteiger partial charge in [-0.1, -0.05) is 12.1 Å². The molecule has 102 valence electrons. The molecule has 1 aromatic carbocycles. The zero-order chi connectivity index (χ0) is 13.8. The van der Waals surface area contributed by atoms with Crippen molar-refractivity contribution in [3.8, 4) is 5.75 Å². The summed E-state index contributed by atoms with van der Waals surface area (Å²) in [7, 11) is 0. The zero-order valence-corrected chi connectivity index (χ0v) is 10.2. The minimum atomic E-state index is -1.02. The number of carboxylic acid groups (broad SMARTS) is 1. The number of para-hydroxylation sites is 1. The normalized spacial score (nSPS) is 18.7. The molecule has 0 bridgehead atoms. The first-order valence-corrected chi connectivity index (χ1v) is 5.99. The monoisotopic (exact) mass is 267 g/mol. The molecular formula is C13H14FNO4. The van der Waals surface area contributed by atoms with Crippen LogP contribution in [0.25, 0.3) is 0 Å². The van der Waals surface area contributed by atoms with Gasteiger partial charge in [0, 0.05) is 6.42 Å². The number of hydrogen-bond acceptors (Lipinski definition) is 3. The van der Waals surface area contributed by atoms with Crippen LogP contribution in [0.3, 0.4) is 0 Å². The average molecular weight is 267 g/mol. The van der Waals surface area contributed by atoms with Crippen LogP contribution in [-0.4, -0.2) is 41.1 Å².